The van der Waals surface area contributed by atoms with Gasteiger partial charge in [-0.25, -0.2) is 0 Å². The average Bonchev–Trinajstić information content (AvgIpc) is 3.09. The van der Waals surface area contributed by atoms with Crippen molar-refractivity contribution < 1.29 is 9.32 Å². The topological polar surface area (TPSA) is 62.5 Å². The van der Waals surface area contributed by atoms with Gasteiger partial charge in [-0.15, -0.1) is 0 Å². The average molecular weight is 286 g/mol. The molecule has 0 spiro atoms. The third-order valence-corrected chi connectivity index (χ3v) is 3.92. The summed E-state index contributed by atoms with van der Waals surface area (Å²) >= 11 is 0. The van der Waals surface area contributed by atoms with Gasteiger partial charge in [0.1, 0.15) is 6.26 Å². The first-order valence-electron chi connectivity index (χ1n) is 7.10. The number of aromatic nitrogens is 2. The van der Waals surface area contributed by atoms with Crippen LogP contribution in [0.3, 0.4) is 0 Å². The van der Waals surface area contributed by atoms with Crippen LogP contribution in [0.4, 0.5) is 0 Å². The van der Waals surface area contributed by atoms with Gasteiger partial charge >= 0.3 is 0 Å². The lowest BCUT2D eigenvalue weighted by atomic mass is 10.1. The molecule has 3 heterocycles. The van der Waals surface area contributed by atoms with Crippen LogP contribution >= 0.6 is 0 Å². The van der Waals surface area contributed by atoms with Crippen LogP contribution in [0.25, 0.3) is 0 Å². The van der Waals surface area contributed by atoms with E-state index in [1.54, 1.807) is 6.07 Å². The number of pyridine rings is 1. The summed E-state index contributed by atoms with van der Waals surface area (Å²) in [4.78, 5) is 20.7. The second-order valence-electron chi connectivity index (χ2n) is 5.14. The maximum absolute atomic E-state index is 12.2. The van der Waals surface area contributed by atoms with Crippen molar-refractivity contribution >= 4 is 5.91 Å². The largest absolute Gasteiger partial charge is 0.364 e. The highest BCUT2D eigenvalue weighted by Gasteiger charge is 2.26. The van der Waals surface area contributed by atoms with Gasteiger partial charge in [-0.2, -0.15) is 0 Å². The predicted octanol–water partition coefficient (Wildman–Crippen LogP) is 1.59. The number of carbonyl (C=O) groups excluding carboxylic acids is 1. The van der Waals surface area contributed by atoms with Gasteiger partial charge in [0.15, 0.2) is 5.69 Å². The lowest BCUT2D eigenvalue weighted by molar-refractivity contribution is 0.0569. The van der Waals surface area contributed by atoms with Gasteiger partial charge < -0.3 is 9.42 Å². The summed E-state index contributed by atoms with van der Waals surface area (Å²) in [5.41, 5.74) is 1.44. The van der Waals surface area contributed by atoms with Gasteiger partial charge in [-0.1, -0.05) is 11.2 Å². The van der Waals surface area contributed by atoms with E-state index >= 15 is 0 Å². The molecule has 0 radical (unpaired) electrons. The van der Waals surface area contributed by atoms with Gasteiger partial charge in [0.25, 0.3) is 5.91 Å². The van der Waals surface area contributed by atoms with Crippen LogP contribution in [0.15, 0.2) is 41.2 Å². The van der Waals surface area contributed by atoms with Crippen molar-refractivity contribution in [1.29, 1.82) is 0 Å². The molecule has 0 saturated carbocycles. The minimum absolute atomic E-state index is 0.0612. The molecule has 1 amide bonds. The molecule has 2 aromatic rings. The number of rotatable bonds is 3. The fraction of sp³-hybridized carbons (Fsp3) is 0.400. The predicted molar refractivity (Wildman–Crippen MR) is 76.6 cm³/mol. The quantitative estimate of drug-likeness (QED) is 0.857. The van der Waals surface area contributed by atoms with Gasteiger partial charge in [-0.3, -0.25) is 14.7 Å². The molecule has 110 valence electrons. The fourth-order valence-electron chi connectivity index (χ4n) is 2.61. The van der Waals surface area contributed by atoms with Gasteiger partial charge in [0.2, 0.25) is 0 Å². The minimum atomic E-state index is -0.0612. The first-order valence-corrected chi connectivity index (χ1v) is 7.10. The van der Waals surface area contributed by atoms with Crippen LogP contribution in [0.5, 0.6) is 0 Å². The van der Waals surface area contributed by atoms with E-state index in [1.165, 1.54) is 6.26 Å². The number of amides is 1. The van der Waals surface area contributed by atoms with Crippen LogP contribution in [-0.4, -0.2) is 52.0 Å². The number of nitrogens with zero attached hydrogens (tertiary/aromatic N) is 4. The summed E-state index contributed by atoms with van der Waals surface area (Å²) in [6.45, 7) is 5.21. The van der Waals surface area contributed by atoms with Crippen molar-refractivity contribution in [3.8, 4) is 0 Å². The molecule has 0 aromatic carbocycles. The Morgan fingerprint density at radius 1 is 1.24 bits per heavy atom. The molecule has 1 aliphatic rings. The van der Waals surface area contributed by atoms with Crippen LogP contribution < -0.4 is 0 Å². The molecule has 0 bridgehead atoms. The SMILES string of the molecule is C[C@@H](c1ccccn1)N1CCN(C(=O)c2ccon2)CC1. The Labute approximate surface area is 123 Å². The van der Waals surface area contributed by atoms with E-state index in [0.717, 1.165) is 18.8 Å². The fourth-order valence-corrected chi connectivity index (χ4v) is 2.61. The standard InChI is InChI=1S/C15H18N4O2/c1-12(13-4-2-3-6-16-13)18-7-9-19(10-8-18)15(20)14-5-11-21-17-14/h2-6,11-12H,7-10H2,1H3/t12-/m0/s1. The number of hydrogen-bond donors (Lipinski definition) is 0. The van der Waals surface area contributed by atoms with E-state index in [2.05, 4.69) is 22.0 Å². The van der Waals surface area contributed by atoms with Crippen LogP contribution in [0.1, 0.15) is 29.1 Å². The molecule has 3 rings (SSSR count). The highest BCUT2D eigenvalue weighted by molar-refractivity contribution is 5.92. The molecule has 21 heavy (non-hydrogen) atoms. The van der Waals surface area contributed by atoms with Crippen molar-refractivity contribution in [2.45, 2.75) is 13.0 Å². The first kappa shape index (κ1) is 13.8. The summed E-state index contributed by atoms with van der Waals surface area (Å²) in [7, 11) is 0. The molecule has 2 aromatic heterocycles. The van der Waals surface area contributed by atoms with E-state index < -0.39 is 0 Å². The Morgan fingerprint density at radius 3 is 2.67 bits per heavy atom. The smallest absolute Gasteiger partial charge is 0.276 e. The van der Waals surface area contributed by atoms with Crippen LogP contribution in [0.2, 0.25) is 0 Å². The second kappa shape index (κ2) is 6.05. The second-order valence-corrected chi connectivity index (χ2v) is 5.14. The Balaban J connectivity index is 1.59. The molecule has 1 fully saturated rings. The summed E-state index contributed by atoms with van der Waals surface area (Å²) in [6, 6.07) is 7.83. The molecule has 1 aliphatic heterocycles. The van der Waals surface area contributed by atoms with E-state index in [-0.39, 0.29) is 11.9 Å². The summed E-state index contributed by atoms with van der Waals surface area (Å²) in [5.74, 6) is -0.0612. The molecule has 6 heteroatoms. The van der Waals surface area contributed by atoms with Crippen molar-refractivity contribution in [3.05, 3.63) is 48.1 Å². The minimum Gasteiger partial charge on any atom is -0.364 e. The van der Waals surface area contributed by atoms with E-state index in [1.807, 2.05) is 29.3 Å². The van der Waals surface area contributed by atoms with Crippen molar-refractivity contribution in [1.82, 2.24) is 19.9 Å². The zero-order valence-corrected chi connectivity index (χ0v) is 12.0. The molecule has 0 N–H and O–H groups in total. The van der Waals surface area contributed by atoms with Gasteiger partial charge in [0.05, 0.1) is 5.69 Å². The Hall–Kier alpha value is -2.21. The molecule has 6 nitrogen and oxygen atoms in total. The van der Waals surface area contributed by atoms with E-state index in [0.29, 0.717) is 18.8 Å². The summed E-state index contributed by atoms with van der Waals surface area (Å²) in [5, 5.41) is 3.70. The normalized spacial score (nSPS) is 17.7. The highest BCUT2D eigenvalue weighted by atomic mass is 16.5. The monoisotopic (exact) mass is 286 g/mol. The maximum Gasteiger partial charge on any atom is 0.276 e. The zero-order valence-electron chi connectivity index (χ0n) is 12.0. The Bertz CT molecular complexity index is 577. The molecule has 0 aliphatic carbocycles. The summed E-state index contributed by atoms with van der Waals surface area (Å²) in [6.07, 6.45) is 3.24. The van der Waals surface area contributed by atoms with Gasteiger partial charge in [-0.05, 0) is 19.1 Å². The number of carbonyl (C=O) groups is 1. The third kappa shape index (κ3) is 2.95. The molecular formula is C15H18N4O2. The third-order valence-electron chi connectivity index (χ3n) is 3.92. The highest BCUT2D eigenvalue weighted by Crippen LogP contribution is 2.20. The van der Waals surface area contributed by atoms with Gasteiger partial charge in [0, 0.05) is 44.5 Å². The van der Waals surface area contributed by atoms with Crippen LogP contribution in [0, 0.1) is 0 Å². The van der Waals surface area contributed by atoms with Crippen molar-refractivity contribution in [3.63, 3.8) is 0 Å². The van der Waals surface area contributed by atoms with E-state index in [9.17, 15) is 4.79 Å². The van der Waals surface area contributed by atoms with Crippen molar-refractivity contribution in [2.75, 3.05) is 26.2 Å². The molecule has 1 saturated heterocycles. The zero-order chi connectivity index (χ0) is 14.7. The lowest BCUT2D eigenvalue weighted by Gasteiger charge is -2.37. The number of piperazine rings is 1. The Morgan fingerprint density at radius 2 is 2.05 bits per heavy atom. The van der Waals surface area contributed by atoms with Crippen LogP contribution in [-0.2, 0) is 0 Å². The molecule has 1 atom stereocenters. The van der Waals surface area contributed by atoms with E-state index in [4.69, 9.17) is 4.52 Å². The Kier molecular flexibility index (Phi) is 3.96. The summed E-state index contributed by atoms with van der Waals surface area (Å²) < 4.78 is 4.73. The van der Waals surface area contributed by atoms with Crippen molar-refractivity contribution in [2.24, 2.45) is 0 Å². The number of hydrogen-bond acceptors (Lipinski definition) is 5. The lowest BCUT2D eigenvalue weighted by Crippen LogP contribution is -2.49. The first-order chi connectivity index (χ1) is 10.3. The molecular weight excluding hydrogens is 268 g/mol. The molecule has 0 unspecified atom stereocenters. The maximum atomic E-state index is 12.2.